The zero-order valence-electron chi connectivity index (χ0n) is 12.9. The average molecular weight is 297 g/mol. The van der Waals surface area contributed by atoms with Gasteiger partial charge in [0.05, 0.1) is 0 Å². The number of carbonyl (C=O) groups excluding carboxylic acids is 1. The summed E-state index contributed by atoms with van der Waals surface area (Å²) in [6, 6.07) is 0.0165. The zero-order chi connectivity index (χ0) is 15.2. The van der Waals surface area contributed by atoms with E-state index in [1.165, 1.54) is 0 Å². The van der Waals surface area contributed by atoms with Crippen molar-refractivity contribution in [2.75, 3.05) is 33.2 Å². The Morgan fingerprint density at radius 3 is 2.52 bits per heavy atom. The number of aliphatic carboxylic acids is 1. The maximum Gasteiger partial charge on any atom is 0.320 e. The van der Waals surface area contributed by atoms with Gasteiger partial charge in [-0.1, -0.05) is 0 Å². The van der Waals surface area contributed by atoms with Gasteiger partial charge in [0.25, 0.3) is 0 Å². The molecule has 0 aliphatic carbocycles. The molecule has 2 heterocycles. The average Bonchev–Trinajstić information content (AvgIpc) is 2.97. The lowest BCUT2D eigenvalue weighted by Gasteiger charge is -2.38. The Labute approximate surface area is 126 Å². The number of piperidine rings is 1. The van der Waals surface area contributed by atoms with Crippen LogP contribution in [0.4, 0.5) is 0 Å². The van der Waals surface area contributed by atoms with Gasteiger partial charge in [0.2, 0.25) is 5.91 Å². The molecule has 0 radical (unpaired) electrons. The Kier molecular flexibility index (Phi) is 5.99. The number of carbonyl (C=O) groups is 2. The monoisotopic (exact) mass is 297 g/mol. The van der Waals surface area contributed by atoms with Crippen LogP contribution >= 0.6 is 0 Å². The van der Waals surface area contributed by atoms with E-state index in [1.807, 2.05) is 11.9 Å². The van der Waals surface area contributed by atoms with Crippen LogP contribution in [0.3, 0.4) is 0 Å². The van der Waals surface area contributed by atoms with Crippen molar-refractivity contribution in [1.29, 1.82) is 0 Å². The number of amides is 1. The SMILES string of the molecule is CNCCCC(=O)N1CCC(N2CCCC2C(=O)O)CC1. The van der Waals surface area contributed by atoms with Crippen molar-refractivity contribution in [2.45, 2.75) is 50.6 Å². The van der Waals surface area contributed by atoms with Gasteiger partial charge in [-0.05, 0) is 52.2 Å². The zero-order valence-corrected chi connectivity index (χ0v) is 12.9. The second-order valence-corrected chi connectivity index (χ2v) is 6.05. The summed E-state index contributed by atoms with van der Waals surface area (Å²) in [7, 11) is 1.89. The molecule has 120 valence electrons. The molecule has 6 heteroatoms. The molecule has 1 amide bonds. The fourth-order valence-electron chi connectivity index (χ4n) is 3.51. The molecule has 0 aromatic heterocycles. The van der Waals surface area contributed by atoms with Gasteiger partial charge in [-0.2, -0.15) is 0 Å². The summed E-state index contributed by atoms with van der Waals surface area (Å²) < 4.78 is 0. The standard InChI is InChI=1S/C15H27N3O3/c1-16-8-2-5-14(19)17-10-6-12(7-11-17)18-9-3-4-13(18)15(20)21/h12-13,16H,2-11H2,1H3,(H,20,21). The maximum absolute atomic E-state index is 12.1. The van der Waals surface area contributed by atoms with Gasteiger partial charge >= 0.3 is 5.97 Å². The first-order valence-corrected chi connectivity index (χ1v) is 8.04. The molecule has 0 aromatic rings. The third-order valence-corrected chi connectivity index (χ3v) is 4.68. The lowest BCUT2D eigenvalue weighted by Crippen LogP contribution is -2.50. The summed E-state index contributed by atoms with van der Waals surface area (Å²) >= 11 is 0. The molecule has 0 bridgehead atoms. The van der Waals surface area contributed by atoms with E-state index in [-0.39, 0.29) is 11.9 Å². The van der Waals surface area contributed by atoms with Gasteiger partial charge in [-0.25, -0.2) is 0 Å². The minimum absolute atomic E-state index is 0.236. The molecular weight excluding hydrogens is 270 g/mol. The van der Waals surface area contributed by atoms with Crippen molar-refractivity contribution in [3.05, 3.63) is 0 Å². The molecule has 21 heavy (non-hydrogen) atoms. The topological polar surface area (TPSA) is 72.9 Å². The Hall–Kier alpha value is -1.14. The molecule has 0 saturated carbocycles. The molecule has 2 fully saturated rings. The highest BCUT2D eigenvalue weighted by atomic mass is 16.4. The van der Waals surface area contributed by atoms with Crippen LogP contribution in [0, 0.1) is 0 Å². The van der Waals surface area contributed by atoms with Crippen LogP contribution in [0.25, 0.3) is 0 Å². The predicted molar refractivity (Wildman–Crippen MR) is 80.1 cm³/mol. The van der Waals surface area contributed by atoms with E-state index in [0.29, 0.717) is 12.5 Å². The van der Waals surface area contributed by atoms with Crippen LogP contribution in [0.15, 0.2) is 0 Å². The van der Waals surface area contributed by atoms with Crippen LogP contribution in [0.5, 0.6) is 0 Å². The molecule has 2 aliphatic heterocycles. The van der Waals surface area contributed by atoms with Crippen molar-refractivity contribution in [1.82, 2.24) is 15.1 Å². The normalized spacial score (nSPS) is 24.4. The number of rotatable bonds is 6. The first-order valence-electron chi connectivity index (χ1n) is 8.04. The Balaban J connectivity index is 1.77. The highest BCUT2D eigenvalue weighted by Crippen LogP contribution is 2.26. The number of carboxylic acid groups (broad SMARTS) is 1. The first kappa shape index (κ1) is 16.2. The van der Waals surface area contributed by atoms with Crippen molar-refractivity contribution in [3.8, 4) is 0 Å². The fraction of sp³-hybridized carbons (Fsp3) is 0.867. The van der Waals surface area contributed by atoms with E-state index in [1.54, 1.807) is 0 Å². The van der Waals surface area contributed by atoms with Gasteiger partial charge < -0.3 is 15.3 Å². The van der Waals surface area contributed by atoms with Crippen LogP contribution in [-0.2, 0) is 9.59 Å². The molecular formula is C15H27N3O3. The van der Waals surface area contributed by atoms with Gasteiger partial charge in [0.1, 0.15) is 6.04 Å². The van der Waals surface area contributed by atoms with Crippen molar-refractivity contribution in [2.24, 2.45) is 0 Å². The maximum atomic E-state index is 12.1. The van der Waals surface area contributed by atoms with Gasteiger partial charge in [0, 0.05) is 25.6 Å². The van der Waals surface area contributed by atoms with E-state index in [2.05, 4.69) is 10.2 Å². The summed E-state index contributed by atoms with van der Waals surface area (Å²) in [5, 5.41) is 12.3. The lowest BCUT2D eigenvalue weighted by atomic mass is 10.0. The van der Waals surface area contributed by atoms with Crippen LogP contribution in [0.1, 0.15) is 38.5 Å². The van der Waals surface area contributed by atoms with E-state index in [0.717, 1.165) is 58.3 Å². The minimum Gasteiger partial charge on any atom is -0.480 e. The number of likely N-dealkylation sites (tertiary alicyclic amines) is 2. The summed E-state index contributed by atoms with van der Waals surface area (Å²) in [5.74, 6) is -0.460. The Morgan fingerprint density at radius 2 is 1.90 bits per heavy atom. The van der Waals surface area contributed by atoms with Gasteiger partial charge in [0.15, 0.2) is 0 Å². The Bertz CT molecular complexity index is 367. The molecule has 2 saturated heterocycles. The molecule has 1 unspecified atom stereocenters. The molecule has 0 aromatic carbocycles. The molecule has 1 atom stereocenters. The predicted octanol–water partition coefficient (Wildman–Crippen LogP) is 0.526. The lowest BCUT2D eigenvalue weighted by molar-refractivity contribution is -0.144. The van der Waals surface area contributed by atoms with Crippen LogP contribution in [-0.4, -0.2) is 72.1 Å². The molecule has 2 rings (SSSR count). The van der Waals surface area contributed by atoms with Gasteiger partial charge in [-0.3, -0.25) is 14.5 Å². The molecule has 2 aliphatic rings. The summed E-state index contributed by atoms with van der Waals surface area (Å²) in [5.41, 5.74) is 0. The van der Waals surface area contributed by atoms with Crippen molar-refractivity contribution >= 4 is 11.9 Å². The number of nitrogens with zero attached hydrogens (tertiary/aromatic N) is 2. The van der Waals surface area contributed by atoms with E-state index < -0.39 is 5.97 Å². The minimum atomic E-state index is -0.696. The van der Waals surface area contributed by atoms with Gasteiger partial charge in [-0.15, -0.1) is 0 Å². The second-order valence-electron chi connectivity index (χ2n) is 6.05. The highest BCUT2D eigenvalue weighted by Gasteiger charge is 2.37. The number of carboxylic acids is 1. The second kappa shape index (κ2) is 7.75. The summed E-state index contributed by atoms with van der Waals surface area (Å²) in [4.78, 5) is 27.4. The van der Waals surface area contributed by atoms with Crippen molar-refractivity contribution in [3.63, 3.8) is 0 Å². The number of hydrogen-bond acceptors (Lipinski definition) is 4. The first-order chi connectivity index (χ1) is 10.1. The molecule has 0 spiro atoms. The van der Waals surface area contributed by atoms with Crippen LogP contribution in [0.2, 0.25) is 0 Å². The number of nitrogens with one attached hydrogen (secondary N) is 1. The van der Waals surface area contributed by atoms with E-state index in [4.69, 9.17) is 0 Å². The third-order valence-electron chi connectivity index (χ3n) is 4.68. The van der Waals surface area contributed by atoms with E-state index >= 15 is 0 Å². The summed E-state index contributed by atoms with van der Waals surface area (Å²) in [6.45, 7) is 3.30. The smallest absolute Gasteiger partial charge is 0.320 e. The Morgan fingerprint density at radius 1 is 1.19 bits per heavy atom. The summed E-state index contributed by atoms with van der Waals surface area (Å²) in [6.07, 6.45) is 5.02. The van der Waals surface area contributed by atoms with Crippen molar-refractivity contribution < 1.29 is 14.7 Å². The largest absolute Gasteiger partial charge is 0.480 e. The fourth-order valence-corrected chi connectivity index (χ4v) is 3.51. The molecule has 2 N–H and O–H groups in total. The third kappa shape index (κ3) is 4.17. The van der Waals surface area contributed by atoms with Crippen LogP contribution < -0.4 is 5.32 Å². The quantitative estimate of drug-likeness (QED) is 0.700. The van der Waals surface area contributed by atoms with E-state index in [9.17, 15) is 14.7 Å². The number of hydrogen-bond donors (Lipinski definition) is 2. The molecule has 6 nitrogen and oxygen atoms in total. The highest BCUT2D eigenvalue weighted by molar-refractivity contribution is 5.76.